The Morgan fingerprint density at radius 3 is 2.81 bits per heavy atom. The van der Waals surface area contributed by atoms with Crippen molar-refractivity contribution in [3.63, 3.8) is 0 Å². The molecule has 1 fully saturated rings. The molecule has 1 saturated heterocycles. The summed E-state index contributed by atoms with van der Waals surface area (Å²) < 4.78 is 2.26. The molecule has 26 heavy (non-hydrogen) atoms. The van der Waals surface area contributed by atoms with Crippen LogP contribution in [0.3, 0.4) is 0 Å². The van der Waals surface area contributed by atoms with Gasteiger partial charge in [-0.1, -0.05) is 30.3 Å². The first-order chi connectivity index (χ1) is 12.7. The molecule has 1 amide bonds. The number of carbonyl (C=O) groups is 1. The van der Waals surface area contributed by atoms with Crippen LogP contribution in [0.4, 0.5) is 0 Å². The summed E-state index contributed by atoms with van der Waals surface area (Å²) in [6.45, 7) is 3.77. The number of rotatable bonds is 4. The molecule has 3 heterocycles. The van der Waals surface area contributed by atoms with Crippen LogP contribution < -0.4 is 0 Å². The van der Waals surface area contributed by atoms with Crippen LogP contribution in [-0.2, 0) is 24.2 Å². The lowest BCUT2D eigenvalue weighted by Gasteiger charge is -2.25. The maximum Gasteiger partial charge on any atom is 0.223 e. The predicted molar refractivity (Wildman–Crippen MR) is 99.7 cm³/mol. The van der Waals surface area contributed by atoms with E-state index in [2.05, 4.69) is 38.8 Å². The molecule has 0 N–H and O–H groups in total. The Morgan fingerprint density at radius 1 is 1.12 bits per heavy atom. The number of aromatic nitrogens is 3. The number of likely N-dealkylation sites (N-methyl/N-ethyl adjacent to an activating group) is 1. The van der Waals surface area contributed by atoms with E-state index >= 15 is 0 Å². The molecular formula is C20H27N5O. The van der Waals surface area contributed by atoms with E-state index < -0.39 is 0 Å². The molecule has 4 rings (SSSR count). The fraction of sp³-hybridized carbons (Fsp3) is 0.550. The van der Waals surface area contributed by atoms with Crippen LogP contribution in [0.5, 0.6) is 0 Å². The van der Waals surface area contributed by atoms with E-state index in [9.17, 15) is 4.79 Å². The van der Waals surface area contributed by atoms with Gasteiger partial charge < -0.3 is 14.4 Å². The Labute approximate surface area is 154 Å². The molecule has 1 aromatic carbocycles. The third kappa shape index (κ3) is 3.51. The second kappa shape index (κ2) is 7.58. The molecule has 6 heteroatoms. The van der Waals surface area contributed by atoms with Crippen LogP contribution in [0, 0.1) is 0 Å². The highest BCUT2D eigenvalue weighted by molar-refractivity contribution is 5.77. The second-order valence-electron chi connectivity index (χ2n) is 7.41. The molecule has 2 aliphatic rings. The summed E-state index contributed by atoms with van der Waals surface area (Å²) in [5.41, 5.74) is 1.22. The summed E-state index contributed by atoms with van der Waals surface area (Å²) >= 11 is 0. The average molecular weight is 353 g/mol. The van der Waals surface area contributed by atoms with Crippen molar-refractivity contribution in [3.05, 3.63) is 47.5 Å². The molecule has 0 spiro atoms. The minimum atomic E-state index is 0.0860. The normalized spacial score (nSPS) is 20.8. The Balaban J connectivity index is 1.47. The lowest BCUT2D eigenvalue weighted by atomic mass is 10.1. The van der Waals surface area contributed by atoms with E-state index in [4.69, 9.17) is 0 Å². The molecule has 2 aromatic rings. The van der Waals surface area contributed by atoms with Crippen LogP contribution in [-0.4, -0.2) is 57.2 Å². The Kier molecular flexibility index (Phi) is 5.02. The smallest absolute Gasteiger partial charge is 0.223 e. The molecule has 6 nitrogen and oxygen atoms in total. The van der Waals surface area contributed by atoms with Crippen molar-refractivity contribution in [1.29, 1.82) is 0 Å². The van der Waals surface area contributed by atoms with E-state index in [1.165, 1.54) is 5.56 Å². The van der Waals surface area contributed by atoms with Crippen molar-refractivity contribution in [2.24, 2.45) is 0 Å². The highest BCUT2D eigenvalue weighted by atomic mass is 16.2. The van der Waals surface area contributed by atoms with Gasteiger partial charge in [0.2, 0.25) is 5.91 Å². The number of carbonyl (C=O) groups excluding carboxylic acids is 1. The first-order valence-corrected chi connectivity index (χ1v) is 9.66. The molecular weight excluding hydrogens is 326 g/mol. The topological polar surface area (TPSA) is 54.3 Å². The minimum Gasteiger partial charge on any atom is -0.332 e. The van der Waals surface area contributed by atoms with Crippen molar-refractivity contribution in [2.45, 2.75) is 44.7 Å². The Hall–Kier alpha value is -2.21. The number of fused-ring (bicyclic) bond motifs is 1. The average Bonchev–Trinajstić information content (AvgIpc) is 3.26. The monoisotopic (exact) mass is 353 g/mol. The molecule has 2 aliphatic heterocycles. The fourth-order valence-corrected chi connectivity index (χ4v) is 4.07. The van der Waals surface area contributed by atoms with Gasteiger partial charge in [0.25, 0.3) is 0 Å². The quantitative estimate of drug-likeness (QED) is 0.844. The van der Waals surface area contributed by atoms with Crippen molar-refractivity contribution >= 4 is 5.91 Å². The number of hydrogen-bond donors (Lipinski definition) is 0. The number of nitrogens with zero attached hydrogens (tertiary/aromatic N) is 5. The third-order valence-electron chi connectivity index (χ3n) is 5.62. The van der Waals surface area contributed by atoms with Gasteiger partial charge in [-0.15, -0.1) is 10.2 Å². The lowest BCUT2D eigenvalue weighted by molar-refractivity contribution is -0.132. The van der Waals surface area contributed by atoms with E-state index in [0.29, 0.717) is 6.42 Å². The van der Waals surface area contributed by atoms with Gasteiger partial charge in [-0.2, -0.15) is 0 Å². The summed E-state index contributed by atoms with van der Waals surface area (Å²) in [4.78, 5) is 17.2. The fourth-order valence-electron chi connectivity index (χ4n) is 4.07. The summed E-state index contributed by atoms with van der Waals surface area (Å²) in [6, 6.07) is 10.3. The summed E-state index contributed by atoms with van der Waals surface area (Å²) in [5.74, 6) is 2.29. The molecule has 0 radical (unpaired) electrons. The molecule has 0 unspecified atom stereocenters. The van der Waals surface area contributed by atoms with Crippen molar-refractivity contribution in [1.82, 2.24) is 24.6 Å². The SMILES string of the molecule is CN1CCc2nnc([C@@H]3CCCN3C(=O)CCc3ccccc3)n2CC1. The zero-order valence-corrected chi connectivity index (χ0v) is 15.5. The van der Waals surface area contributed by atoms with Crippen LogP contribution in [0.25, 0.3) is 0 Å². The largest absolute Gasteiger partial charge is 0.332 e. The summed E-state index contributed by atoms with van der Waals surface area (Å²) in [5, 5.41) is 8.93. The van der Waals surface area contributed by atoms with Crippen LogP contribution in [0.15, 0.2) is 30.3 Å². The van der Waals surface area contributed by atoms with Gasteiger partial charge in [-0.25, -0.2) is 0 Å². The van der Waals surface area contributed by atoms with Crippen LogP contribution in [0.1, 0.15) is 42.5 Å². The van der Waals surface area contributed by atoms with Crippen molar-refractivity contribution < 1.29 is 4.79 Å². The van der Waals surface area contributed by atoms with Crippen molar-refractivity contribution in [3.8, 4) is 0 Å². The maximum atomic E-state index is 12.9. The third-order valence-corrected chi connectivity index (χ3v) is 5.62. The first-order valence-electron chi connectivity index (χ1n) is 9.66. The number of aryl methyl sites for hydroxylation is 1. The van der Waals surface area contributed by atoms with Crippen LogP contribution >= 0.6 is 0 Å². The van der Waals surface area contributed by atoms with E-state index in [0.717, 1.165) is 63.5 Å². The number of benzene rings is 1. The highest BCUT2D eigenvalue weighted by Gasteiger charge is 2.34. The molecule has 0 saturated carbocycles. The Morgan fingerprint density at radius 2 is 1.96 bits per heavy atom. The highest BCUT2D eigenvalue weighted by Crippen LogP contribution is 2.32. The zero-order chi connectivity index (χ0) is 17.9. The maximum absolute atomic E-state index is 12.9. The van der Waals surface area contributed by atoms with E-state index in [1.807, 2.05) is 23.1 Å². The molecule has 0 bridgehead atoms. The Bertz CT molecular complexity index is 757. The van der Waals surface area contributed by atoms with Gasteiger partial charge >= 0.3 is 0 Å². The molecule has 138 valence electrons. The minimum absolute atomic E-state index is 0.0860. The zero-order valence-electron chi connectivity index (χ0n) is 15.5. The molecule has 1 aromatic heterocycles. The number of hydrogen-bond acceptors (Lipinski definition) is 4. The van der Waals surface area contributed by atoms with Gasteiger partial charge in [-0.05, 0) is 31.9 Å². The standard InChI is InChI=1S/C20H27N5O/c1-23-13-11-18-21-22-20(25(18)15-14-23)17-8-5-12-24(17)19(26)10-9-16-6-3-2-4-7-16/h2-4,6-7,17H,5,8-15H2,1H3/t17-/m0/s1. The molecule has 0 aliphatic carbocycles. The molecule has 1 atom stereocenters. The first kappa shape index (κ1) is 17.2. The van der Waals surface area contributed by atoms with Gasteiger partial charge in [0.1, 0.15) is 5.82 Å². The van der Waals surface area contributed by atoms with Crippen LogP contribution in [0.2, 0.25) is 0 Å². The van der Waals surface area contributed by atoms with Gasteiger partial charge in [0.05, 0.1) is 6.04 Å². The summed E-state index contributed by atoms with van der Waals surface area (Å²) in [6.07, 6.45) is 4.32. The number of likely N-dealkylation sites (tertiary alicyclic amines) is 1. The van der Waals surface area contributed by atoms with E-state index in [1.54, 1.807) is 0 Å². The lowest BCUT2D eigenvalue weighted by Crippen LogP contribution is -2.32. The van der Waals surface area contributed by atoms with Gasteiger partial charge in [-0.3, -0.25) is 4.79 Å². The predicted octanol–water partition coefficient (Wildman–Crippen LogP) is 2.06. The van der Waals surface area contributed by atoms with Gasteiger partial charge in [0.15, 0.2) is 5.82 Å². The second-order valence-corrected chi connectivity index (χ2v) is 7.41. The van der Waals surface area contributed by atoms with Crippen molar-refractivity contribution in [2.75, 3.05) is 26.7 Å². The number of amides is 1. The van der Waals surface area contributed by atoms with Gasteiger partial charge in [0, 0.05) is 39.0 Å². The van der Waals surface area contributed by atoms with E-state index in [-0.39, 0.29) is 11.9 Å². The summed E-state index contributed by atoms with van der Waals surface area (Å²) in [7, 11) is 2.15.